The SMILES string of the molecule is CC/C=C\C/C=C\C/C=C\C/C=C\C/C=C\C/C=C\CCCCCCCCCCCCC(=O)OC(COC(=O)CCCCCCCCCCCCCCCCCCCCCCCCCCCCCCCCCCCC)COC(OCC[N+](C)(C)C)C(=O)O. The number of carboxylic acid groups (broad SMARTS) is 1. The largest absolute Gasteiger partial charge is 0.477 e. The number of hydrogen-bond donors (Lipinski definition) is 1. The van der Waals surface area contributed by atoms with Gasteiger partial charge in [-0.3, -0.25) is 9.59 Å². The van der Waals surface area contributed by atoms with Gasteiger partial charge in [0.05, 0.1) is 34.4 Å². The van der Waals surface area contributed by atoms with Gasteiger partial charge in [0.25, 0.3) is 6.29 Å². The summed E-state index contributed by atoms with van der Waals surface area (Å²) in [5.41, 5.74) is 0. The number of aliphatic carboxylic acids is 1. The number of carboxylic acids is 1. The average Bonchev–Trinajstić information content (AvgIpc) is 3.54. The quantitative estimate of drug-likeness (QED) is 0.0211. The van der Waals surface area contributed by atoms with Gasteiger partial charge in [0.1, 0.15) is 13.2 Å². The monoisotopic (exact) mass is 1240 g/mol. The lowest BCUT2D eigenvalue weighted by molar-refractivity contribution is -0.870. The van der Waals surface area contributed by atoms with Crippen molar-refractivity contribution in [3.8, 4) is 0 Å². The molecule has 0 aliphatic heterocycles. The van der Waals surface area contributed by atoms with Crippen molar-refractivity contribution in [1.82, 2.24) is 0 Å². The molecule has 0 rings (SSSR count). The molecule has 2 atom stereocenters. The molecular formula is C79H144NO8+. The maximum absolute atomic E-state index is 13.0. The van der Waals surface area contributed by atoms with E-state index in [0.29, 0.717) is 23.9 Å². The Morgan fingerprint density at radius 2 is 0.648 bits per heavy atom. The summed E-state index contributed by atoms with van der Waals surface area (Å²) in [6.07, 6.45) is 90.4. The number of carbonyl (C=O) groups excluding carboxylic acids is 2. The first-order valence-corrected chi connectivity index (χ1v) is 37.6. The van der Waals surface area contributed by atoms with E-state index in [2.05, 4.69) is 86.8 Å². The lowest BCUT2D eigenvalue weighted by atomic mass is 10.0. The van der Waals surface area contributed by atoms with Crippen LogP contribution in [0, 0.1) is 0 Å². The number of quaternary nitrogens is 1. The minimum atomic E-state index is -1.51. The van der Waals surface area contributed by atoms with Crippen molar-refractivity contribution in [2.24, 2.45) is 0 Å². The van der Waals surface area contributed by atoms with E-state index in [4.69, 9.17) is 18.9 Å². The van der Waals surface area contributed by atoms with Gasteiger partial charge in [0.2, 0.25) is 0 Å². The third kappa shape index (κ3) is 70.2. The van der Waals surface area contributed by atoms with Gasteiger partial charge in [-0.05, 0) is 64.2 Å². The number of nitrogens with zero attached hydrogens (tertiary/aromatic N) is 1. The van der Waals surface area contributed by atoms with Crippen LogP contribution in [0.4, 0.5) is 0 Å². The second-order valence-electron chi connectivity index (χ2n) is 26.6. The number of rotatable bonds is 70. The number of allylic oxidation sites excluding steroid dienone is 12. The first-order valence-electron chi connectivity index (χ1n) is 37.6. The maximum Gasteiger partial charge on any atom is 0.361 e. The van der Waals surface area contributed by atoms with Crippen LogP contribution in [0.1, 0.15) is 354 Å². The molecular weight excluding hydrogens is 1090 g/mol. The average molecular weight is 1240 g/mol. The Bertz CT molecular complexity index is 1680. The molecule has 0 radical (unpaired) electrons. The molecule has 0 saturated heterocycles. The topological polar surface area (TPSA) is 108 Å². The first-order chi connectivity index (χ1) is 43.1. The highest BCUT2D eigenvalue weighted by Crippen LogP contribution is 2.19. The normalized spacial score (nSPS) is 13.1. The lowest BCUT2D eigenvalue weighted by Crippen LogP contribution is -2.40. The van der Waals surface area contributed by atoms with E-state index in [1.165, 1.54) is 238 Å². The van der Waals surface area contributed by atoms with Gasteiger partial charge in [-0.25, -0.2) is 4.79 Å². The summed E-state index contributed by atoms with van der Waals surface area (Å²) in [4.78, 5) is 37.7. The predicted molar refractivity (Wildman–Crippen MR) is 378 cm³/mol. The van der Waals surface area contributed by atoms with Crippen LogP contribution in [0.25, 0.3) is 0 Å². The van der Waals surface area contributed by atoms with Gasteiger partial charge >= 0.3 is 17.9 Å². The van der Waals surface area contributed by atoms with Gasteiger partial charge < -0.3 is 28.5 Å². The molecule has 0 fully saturated rings. The first kappa shape index (κ1) is 84.7. The summed E-state index contributed by atoms with van der Waals surface area (Å²) in [6, 6.07) is 0. The van der Waals surface area contributed by atoms with E-state index in [1.54, 1.807) is 0 Å². The van der Waals surface area contributed by atoms with Gasteiger partial charge in [-0.15, -0.1) is 0 Å². The van der Waals surface area contributed by atoms with Gasteiger partial charge in [0, 0.05) is 12.8 Å². The Labute approximate surface area is 545 Å². The fourth-order valence-corrected chi connectivity index (χ4v) is 11.0. The van der Waals surface area contributed by atoms with E-state index < -0.39 is 24.3 Å². The predicted octanol–water partition coefficient (Wildman–Crippen LogP) is 23.6. The van der Waals surface area contributed by atoms with Crippen LogP contribution in [0.15, 0.2) is 72.9 Å². The molecule has 0 amide bonds. The molecule has 0 aliphatic carbocycles. The summed E-state index contributed by atoms with van der Waals surface area (Å²) >= 11 is 0. The zero-order valence-electron chi connectivity index (χ0n) is 58.6. The van der Waals surface area contributed by atoms with E-state index in [0.717, 1.165) is 83.5 Å². The zero-order valence-corrected chi connectivity index (χ0v) is 58.6. The molecule has 9 nitrogen and oxygen atoms in total. The van der Waals surface area contributed by atoms with Crippen molar-refractivity contribution in [2.45, 2.75) is 367 Å². The van der Waals surface area contributed by atoms with E-state index in [1.807, 2.05) is 21.1 Å². The van der Waals surface area contributed by atoms with Crippen molar-refractivity contribution >= 4 is 17.9 Å². The van der Waals surface area contributed by atoms with Crippen LogP contribution in [0.5, 0.6) is 0 Å². The molecule has 0 heterocycles. The van der Waals surface area contributed by atoms with Crippen LogP contribution < -0.4 is 0 Å². The maximum atomic E-state index is 13.0. The highest BCUT2D eigenvalue weighted by atomic mass is 16.7. The fraction of sp³-hybridized carbons (Fsp3) is 0.810. The third-order valence-corrected chi connectivity index (χ3v) is 16.7. The summed E-state index contributed by atoms with van der Waals surface area (Å²) < 4.78 is 23.0. The molecule has 512 valence electrons. The van der Waals surface area contributed by atoms with Crippen molar-refractivity contribution < 1.29 is 42.9 Å². The number of ether oxygens (including phenoxy) is 4. The van der Waals surface area contributed by atoms with Gasteiger partial charge in [0.15, 0.2) is 6.10 Å². The Morgan fingerprint density at radius 1 is 0.352 bits per heavy atom. The van der Waals surface area contributed by atoms with E-state index in [9.17, 15) is 19.5 Å². The Balaban J connectivity index is 4.04. The number of esters is 2. The Hall–Kier alpha value is -3.27. The van der Waals surface area contributed by atoms with Crippen molar-refractivity contribution in [1.29, 1.82) is 0 Å². The van der Waals surface area contributed by atoms with Gasteiger partial charge in [-0.2, -0.15) is 0 Å². The van der Waals surface area contributed by atoms with Crippen LogP contribution in [-0.2, 0) is 33.3 Å². The minimum Gasteiger partial charge on any atom is -0.477 e. The van der Waals surface area contributed by atoms with Crippen LogP contribution in [-0.4, -0.2) is 87.4 Å². The lowest BCUT2D eigenvalue weighted by Gasteiger charge is -2.25. The number of likely N-dealkylation sites (N-methyl/N-ethyl adjacent to an activating group) is 1. The summed E-state index contributed by atoms with van der Waals surface area (Å²) in [6.45, 7) is 4.81. The number of hydrogen-bond acceptors (Lipinski definition) is 7. The fourth-order valence-electron chi connectivity index (χ4n) is 11.0. The molecule has 0 aliphatic rings. The Kier molecular flexibility index (Phi) is 67.0. The van der Waals surface area contributed by atoms with Crippen LogP contribution in [0.3, 0.4) is 0 Å². The van der Waals surface area contributed by atoms with Crippen LogP contribution in [0.2, 0.25) is 0 Å². The van der Waals surface area contributed by atoms with Crippen molar-refractivity contribution in [2.75, 3.05) is 47.5 Å². The number of unbranched alkanes of at least 4 members (excludes halogenated alkanes) is 43. The molecule has 0 aromatic rings. The van der Waals surface area contributed by atoms with Gasteiger partial charge in [-0.1, -0.05) is 350 Å². The van der Waals surface area contributed by atoms with Crippen molar-refractivity contribution in [3.63, 3.8) is 0 Å². The van der Waals surface area contributed by atoms with Crippen LogP contribution >= 0.6 is 0 Å². The molecule has 9 heteroatoms. The molecule has 0 aromatic heterocycles. The number of carbonyl (C=O) groups is 3. The summed E-state index contributed by atoms with van der Waals surface area (Å²) in [5, 5.41) is 9.76. The molecule has 1 N–H and O–H groups in total. The highest BCUT2D eigenvalue weighted by Gasteiger charge is 2.25. The second-order valence-corrected chi connectivity index (χ2v) is 26.6. The Morgan fingerprint density at radius 3 is 0.966 bits per heavy atom. The smallest absolute Gasteiger partial charge is 0.361 e. The molecule has 2 unspecified atom stereocenters. The highest BCUT2D eigenvalue weighted by molar-refractivity contribution is 5.71. The minimum absolute atomic E-state index is 0.183. The van der Waals surface area contributed by atoms with E-state index in [-0.39, 0.29) is 32.2 Å². The second kappa shape index (κ2) is 69.6. The summed E-state index contributed by atoms with van der Waals surface area (Å²) in [7, 11) is 5.98. The molecule has 0 bridgehead atoms. The molecule has 0 spiro atoms. The third-order valence-electron chi connectivity index (χ3n) is 16.7. The molecule has 88 heavy (non-hydrogen) atoms. The van der Waals surface area contributed by atoms with E-state index >= 15 is 0 Å². The summed E-state index contributed by atoms with van der Waals surface area (Å²) in [5.74, 6) is -1.99. The van der Waals surface area contributed by atoms with Crippen molar-refractivity contribution in [3.05, 3.63) is 72.9 Å². The molecule has 0 saturated carbocycles. The standard InChI is InChI=1S/C79H143NO8/c1-6-8-10-12-14-16-18-20-22-24-26-28-30-32-34-36-37-38-39-40-42-43-45-47-49-51-53-55-57-59-61-63-65-67-69-76(81)86-73-75(74-87-79(78(83)84)85-72-71-80(3,4)5)88-77(82)70-68-66-64-62-60-58-56-54-52-50-48-46-44-41-35-33-31-29-27-25-23-21-19-17-15-13-11-9-7-2/h9,11,15,17,21,23,27,29,33,35,44,46,75,79H,6-8,10,12-14,16,18-20,22,24-26,28,30-32,34,36-43,45,47-74H2,1-5H3/p+1/b11-9-,17-15-,23-21-,29-27-,35-33-,46-44-. The molecule has 0 aromatic carbocycles. The zero-order chi connectivity index (χ0) is 64.0.